The maximum Gasteiger partial charge on any atom is 0.252 e. The molecule has 0 radical (unpaired) electrons. The third-order valence-corrected chi connectivity index (χ3v) is 3.17. The molecule has 0 bridgehead atoms. The molecule has 1 atom stereocenters. The van der Waals surface area contributed by atoms with Gasteiger partial charge in [-0.2, -0.15) is 0 Å². The summed E-state index contributed by atoms with van der Waals surface area (Å²) >= 11 is 0. The molecule has 1 aromatic carbocycles. The summed E-state index contributed by atoms with van der Waals surface area (Å²) in [6, 6.07) is 12.0. The highest BCUT2D eigenvalue weighted by Crippen LogP contribution is 2.18. The van der Waals surface area contributed by atoms with Crippen LogP contribution in [0.25, 0.3) is 11.1 Å². The molecule has 0 saturated carbocycles. The average molecular weight is 342 g/mol. The molecule has 2 aromatic rings. The third-order valence-electron chi connectivity index (χ3n) is 3.17. The molecule has 1 heterocycles. The summed E-state index contributed by atoms with van der Waals surface area (Å²) in [7, 11) is 1.87. The molecule has 0 aliphatic heterocycles. The number of hydrogen-bond acceptors (Lipinski definition) is 3. The van der Waals surface area contributed by atoms with E-state index in [1.165, 1.54) is 0 Å². The van der Waals surface area contributed by atoms with E-state index in [0.29, 0.717) is 12.1 Å². The van der Waals surface area contributed by atoms with Crippen molar-refractivity contribution in [3.63, 3.8) is 0 Å². The number of nitrogens with zero attached hydrogens (tertiary/aromatic N) is 1. The van der Waals surface area contributed by atoms with Crippen molar-refractivity contribution < 1.29 is 4.79 Å². The van der Waals surface area contributed by atoms with Gasteiger partial charge in [-0.05, 0) is 25.6 Å². The summed E-state index contributed by atoms with van der Waals surface area (Å²) < 4.78 is 0. The highest BCUT2D eigenvalue weighted by molar-refractivity contribution is 5.95. The lowest BCUT2D eigenvalue weighted by Gasteiger charge is -2.11. The number of carbonyl (C=O) groups excluding carboxylic acids is 1. The maximum absolute atomic E-state index is 12.1. The number of rotatable bonds is 5. The van der Waals surface area contributed by atoms with E-state index in [9.17, 15) is 4.79 Å². The van der Waals surface area contributed by atoms with E-state index < -0.39 is 0 Å². The first-order valence-corrected chi connectivity index (χ1v) is 6.66. The second-order valence-electron chi connectivity index (χ2n) is 4.73. The lowest BCUT2D eigenvalue weighted by molar-refractivity contribution is 0.0950. The monoisotopic (exact) mass is 341 g/mol. The SMILES string of the molecule is CNC(C)CNC(=O)c1cncc(-c2ccccc2)c1.Cl.Cl. The highest BCUT2D eigenvalue weighted by atomic mass is 35.5. The lowest BCUT2D eigenvalue weighted by atomic mass is 10.1. The Morgan fingerprint density at radius 3 is 2.45 bits per heavy atom. The largest absolute Gasteiger partial charge is 0.350 e. The Balaban J connectivity index is 0.00000220. The number of nitrogens with one attached hydrogen (secondary N) is 2. The van der Waals surface area contributed by atoms with E-state index in [4.69, 9.17) is 0 Å². The van der Waals surface area contributed by atoms with Gasteiger partial charge in [-0.3, -0.25) is 9.78 Å². The van der Waals surface area contributed by atoms with E-state index in [1.807, 2.05) is 50.4 Å². The second-order valence-corrected chi connectivity index (χ2v) is 4.73. The summed E-state index contributed by atoms with van der Waals surface area (Å²) in [6.07, 6.45) is 3.36. The molecule has 1 unspecified atom stereocenters. The van der Waals surface area contributed by atoms with Crippen LogP contribution < -0.4 is 10.6 Å². The molecular weight excluding hydrogens is 321 g/mol. The normalized spacial score (nSPS) is 10.8. The Hall–Kier alpha value is -1.62. The summed E-state index contributed by atoms with van der Waals surface area (Å²) in [4.78, 5) is 16.2. The quantitative estimate of drug-likeness (QED) is 0.878. The number of carbonyl (C=O) groups is 1. The van der Waals surface area contributed by atoms with E-state index in [-0.39, 0.29) is 36.8 Å². The van der Waals surface area contributed by atoms with Gasteiger partial charge in [0.05, 0.1) is 5.56 Å². The number of hydrogen-bond donors (Lipinski definition) is 2. The smallest absolute Gasteiger partial charge is 0.252 e. The van der Waals surface area contributed by atoms with Crippen molar-refractivity contribution in [3.8, 4) is 11.1 Å². The molecule has 0 spiro atoms. The zero-order valence-electron chi connectivity index (χ0n) is 12.6. The minimum atomic E-state index is -0.0996. The molecule has 0 aliphatic carbocycles. The van der Waals surface area contributed by atoms with Crippen molar-refractivity contribution in [1.29, 1.82) is 0 Å². The van der Waals surface area contributed by atoms with Gasteiger partial charge in [0.15, 0.2) is 0 Å². The fourth-order valence-corrected chi connectivity index (χ4v) is 1.80. The summed E-state index contributed by atoms with van der Waals surface area (Å²) in [5.74, 6) is -0.0996. The predicted octanol–water partition coefficient (Wildman–Crippen LogP) is 2.93. The fraction of sp³-hybridized carbons (Fsp3) is 0.250. The molecule has 0 fully saturated rings. The van der Waals surface area contributed by atoms with Gasteiger partial charge < -0.3 is 10.6 Å². The first-order chi connectivity index (χ1) is 9.70. The number of likely N-dealkylation sites (N-methyl/N-ethyl adjacent to an activating group) is 1. The topological polar surface area (TPSA) is 54.0 Å². The number of benzene rings is 1. The van der Waals surface area contributed by atoms with E-state index in [1.54, 1.807) is 12.4 Å². The van der Waals surface area contributed by atoms with Crippen molar-refractivity contribution in [2.45, 2.75) is 13.0 Å². The van der Waals surface area contributed by atoms with Crippen LogP contribution >= 0.6 is 24.8 Å². The number of amides is 1. The van der Waals surface area contributed by atoms with E-state index >= 15 is 0 Å². The van der Waals surface area contributed by atoms with Gasteiger partial charge in [-0.1, -0.05) is 30.3 Å². The Morgan fingerprint density at radius 2 is 1.82 bits per heavy atom. The molecule has 1 aromatic heterocycles. The highest BCUT2D eigenvalue weighted by Gasteiger charge is 2.08. The molecule has 0 saturated heterocycles. The minimum Gasteiger partial charge on any atom is -0.350 e. The Morgan fingerprint density at radius 1 is 1.14 bits per heavy atom. The fourth-order valence-electron chi connectivity index (χ4n) is 1.80. The van der Waals surface area contributed by atoms with Gasteiger partial charge in [0.2, 0.25) is 0 Å². The van der Waals surface area contributed by atoms with E-state index in [0.717, 1.165) is 11.1 Å². The summed E-state index contributed by atoms with van der Waals surface area (Å²) in [5, 5.41) is 5.97. The Kier molecular flexibility index (Phi) is 9.42. The Bertz CT molecular complexity index is 579. The molecule has 4 nitrogen and oxygen atoms in total. The van der Waals surface area contributed by atoms with Crippen LogP contribution in [-0.4, -0.2) is 30.5 Å². The standard InChI is InChI=1S/C16H19N3O.2ClH/c1-12(17-2)9-19-16(20)15-8-14(10-18-11-15)13-6-4-3-5-7-13;;/h3-8,10-12,17H,9H2,1-2H3,(H,19,20);2*1H. The summed E-state index contributed by atoms with van der Waals surface area (Å²) in [5.41, 5.74) is 2.58. The van der Waals surface area contributed by atoms with Crippen LogP contribution in [0.5, 0.6) is 0 Å². The second kappa shape index (κ2) is 10.2. The van der Waals surface area contributed by atoms with Gasteiger partial charge in [-0.15, -0.1) is 24.8 Å². The van der Waals surface area contributed by atoms with Crippen molar-refractivity contribution in [2.24, 2.45) is 0 Å². The number of pyridine rings is 1. The van der Waals surface area contributed by atoms with Crippen molar-refractivity contribution >= 4 is 30.7 Å². The van der Waals surface area contributed by atoms with Crippen molar-refractivity contribution in [3.05, 3.63) is 54.4 Å². The van der Waals surface area contributed by atoms with Crippen LogP contribution in [0.4, 0.5) is 0 Å². The number of aromatic nitrogens is 1. The minimum absolute atomic E-state index is 0. The molecule has 2 N–H and O–H groups in total. The Labute approximate surface area is 143 Å². The van der Waals surface area contributed by atoms with Gasteiger partial charge in [0.1, 0.15) is 0 Å². The third kappa shape index (κ3) is 5.64. The molecule has 1 amide bonds. The van der Waals surface area contributed by atoms with Gasteiger partial charge in [0.25, 0.3) is 5.91 Å². The van der Waals surface area contributed by atoms with Crippen molar-refractivity contribution in [2.75, 3.05) is 13.6 Å². The first kappa shape index (κ1) is 20.4. The molecule has 22 heavy (non-hydrogen) atoms. The van der Waals surface area contributed by atoms with Crippen LogP contribution in [0, 0.1) is 0 Å². The van der Waals surface area contributed by atoms with Crippen LogP contribution in [-0.2, 0) is 0 Å². The van der Waals surface area contributed by atoms with Gasteiger partial charge in [0, 0.05) is 30.5 Å². The molecule has 0 aliphatic rings. The zero-order chi connectivity index (χ0) is 14.4. The average Bonchev–Trinajstić information content (AvgIpc) is 2.53. The molecule has 120 valence electrons. The van der Waals surface area contributed by atoms with E-state index in [2.05, 4.69) is 15.6 Å². The van der Waals surface area contributed by atoms with Crippen LogP contribution in [0.3, 0.4) is 0 Å². The maximum atomic E-state index is 12.1. The van der Waals surface area contributed by atoms with Crippen LogP contribution in [0.1, 0.15) is 17.3 Å². The van der Waals surface area contributed by atoms with Gasteiger partial charge in [-0.25, -0.2) is 0 Å². The first-order valence-electron chi connectivity index (χ1n) is 6.66. The molecule has 2 rings (SSSR count). The van der Waals surface area contributed by atoms with Crippen molar-refractivity contribution in [1.82, 2.24) is 15.6 Å². The number of halogens is 2. The lowest BCUT2D eigenvalue weighted by Crippen LogP contribution is -2.37. The molecule has 6 heteroatoms. The van der Waals surface area contributed by atoms with Gasteiger partial charge >= 0.3 is 0 Å². The van der Waals surface area contributed by atoms with Crippen LogP contribution in [0.15, 0.2) is 48.8 Å². The zero-order valence-corrected chi connectivity index (χ0v) is 14.2. The predicted molar refractivity (Wildman–Crippen MR) is 95.0 cm³/mol. The van der Waals surface area contributed by atoms with Crippen LogP contribution in [0.2, 0.25) is 0 Å². The molecular formula is C16H21Cl2N3O. The summed E-state index contributed by atoms with van der Waals surface area (Å²) in [6.45, 7) is 2.60.